The molecule has 1 aromatic carbocycles. The molecule has 2 atom stereocenters. The number of hydrogen-bond acceptors (Lipinski definition) is 2. The average Bonchev–Trinajstić information content (AvgIpc) is 3.05. The zero-order valence-electron chi connectivity index (χ0n) is 13.0. The molecule has 0 N–H and O–H groups in total. The van der Waals surface area contributed by atoms with Gasteiger partial charge >= 0.3 is 12.4 Å². The van der Waals surface area contributed by atoms with Gasteiger partial charge in [-0.1, -0.05) is 0 Å². The Morgan fingerprint density at radius 3 is 2.16 bits per heavy atom. The third kappa shape index (κ3) is 3.91. The summed E-state index contributed by atoms with van der Waals surface area (Å²) in [6, 6.07) is 1.48. The maximum absolute atomic E-state index is 12.8. The van der Waals surface area contributed by atoms with Crippen molar-refractivity contribution >= 4 is 5.91 Å². The number of halogens is 6. The zero-order valence-corrected chi connectivity index (χ0v) is 13.0. The van der Waals surface area contributed by atoms with Crippen LogP contribution in [0.15, 0.2) is 18.2 Å². The largest absolute Gasteiger partial charge is 0.416 e. The summed E-state index contributed by atoms with van der Waals surface area (Å²) >= 11 is 0. The topological polar surface area (TPSA) is 29.5 Å². The molecule has 1 amide bonds. The molecule has 2 saturated heterocycles. The van der Waals surface area contributed by atoms with Gasteiger partial charge in [-0.3, -0.25) is 4.79 Å². The number of carbonyl (C=O) groups excluding carboxylic acids is 1. The lowest BCUT2D eigenvalue weighted by Crippen LogP contribution is -2.28. The van der Waals surface area contributed by atoms with Gasteiger partial charge in [-0.05, 0) is 36.6 Å². The summed E-state index contributed by atoms with van der Waals surface area (Å²) in [4.78, 5) is 13.3. The minimum absolute atomic E-state index is 0.00882. The number of alkyl halides is 6. The van der Waals surface area contributed by atoms with Crippen molar-refractivity contribution in [2.45, 2.75) is 50.4 Å². The van der Waals surface area contributed by atoms with Gasteiger partial charge in [0.05, 0.1) is 23.8 Å². The minimum atomic E-state index is -4.88. The van der Waals surface area contributed by atoms with Crippen molar-refractivity contribution in [1.82, 2.24) is 4.90 Å². The van der Waals surface area contributed by atoms with Crippen molar-refractivity contribution in [1.29, 1.82) is 0 Å². The Balaban J connectivity index is 1.73. The minimum Gasteiger partial charge on any atom is -0.372 e. The molecule has 0 radical (unpaired) electrons. The molecule has 2 fully saturated rings. The van der Waals surface area contributed by atoms with Crippen LogP contribution in [0.3, 0.4) is 0 Å². The molecule has 0 saturated carbocycles. The number of hydrogen-bond donors (Lipinski definition) is 0. The van der Waals surface area contributed by atoms with E-state index in [1.807, 2.05) is 0 Å². The Labute approximate surface area is 139 Å². The van der Waals surface area contributed by atoms with Gasteiger partial charge in [0, 0.05) is 19.0 Å². The summed E-state index contributed by atoms with van der Waals surface area (Å²) in [5, 5.41) is 0. The highest BCUT2D eigenvalue weighted by Crippen LogP contribution is 2.37. The summed E-state index contributed by atoms with van der Waals surface area (Å²) in [7, 11) is 0. The fourth-order valence-corrected chi connectivity index (χ4v) is 3.32. The number of benzene rings is 1. The Hall–Kier alpha value is -1.77. The second-order valence-corrected chi connectivity index (χ2v) is 6.32. The van der Waals surface area contributed by atoms with Crippen LogP contribution in [0.25, 0.3) is 0 Å². The van der Waals surface area contributed by atoms with E-state index in [-0.39, 0.29) is 36.3 Å². The first kappa shape index (κ1) is 18.0. The standard InChI is InChI=1S/C16H15F6NO2/c17-15(18,19)10-3-9(4-11(5-10)16(20,21)22)8-25-13-6-12-1-2-14(24)23(12)7-13/h3-5,12-13H,1-2,6-8H2. The van der Waals surface area contributed by atoms with Crippen molar-refractivity contribution < 1.29 is 35.9 Å². The average molecular weight is 367 g/mol. The molecule has 2 heterocycles. The number of amides is 1. The number of ether oxygens (including phenoxy) is 1. The van der Waals surface area contributed by atoms with Crippen LogP contribution in [0.2, 0.25) is 0 Å². The van der Waals surface area contributed by atoms with Crippen molar-refractivity contribution in [3.05, 3.63) is 34.9 Å². The molecule has 1 aromatic rings. The Morgan fingerprint density at radius 2 is 1.64 bits per heavy atom. The van der Waals surface area contributed by atoms with Gasteiger partial charge < -0.3 is 9.64 Å². The third-order valence-corrected chi connectivity index (χ3v) is 4.52. The fraction of sp³-hybridized carbons (Fsp3) is 0.562. The van der Waals surface area contributed by atoms with Crippen LogP contribution in [0.4, 0.5) is 26.3 Å². The molecule has 2 aliphatic rings. The van der Waals surface area contributed by atoms with E-state index in [1.165, 1.54) is 0 Å². The number of carbonyl (C=O) groups is 1. The fourth-order valence-electron chi connectivity index (χ4n) is 3.32. The second kappa shape index (κ2) is 6.19. The van der Waals surface area contributed by atoms with Crippen molar-refractivity contribution in [2.75, 3.05) is 6.54 Å². The van der Waals surface area contributed by atoms with Gasteiger partial charge in [0.25, 0.3) is 0 Å². The molecule has 0 aliphatic carbocycles. The van der Waals surface area contributed by atoms with Gasteiger partial charge in [-0.25, -0.2) is 0 Å². The molecule has 25 heavy (non-hydrogen) atoms. The zero-order chi connectivity index (χ0) is 18.4. The number of fused-ring (bicyclic) bond motifs is 1. The number of rotatable bonds is 3. The summed E-state index contributed by atoms with van der Waals surface area (Å²) in [5.41, 5.74) is -2.91. The molecule has 0 bridgehead atoms. The maximum atomic E-state index is 12.8. The Kier molecular flexibility index (Phi) is 4.47. The van der Waals surface area contributed by atoms with Gasteiger partial charge in [-0.15, -0.1) is 0 Å². The lowest BCUT2D eigenvalue weighted by molar-refractivity contribution is -0.143. The van der Waals surface area contributed by atoms with E-state index < -0.39 is 23.5 Å². The summed E-state index contributed by atoms with van der Waals surface area (Å²) < 4.78 is 82.4. The van der Waals surface area contributed by atoms with Crippen molar-refractivity contribution in [3.63, 3.8) is 0 Å². The smallest absolute Gasteiger partial charge is 0.372 e. The molecule has 9 heteroatoms. The van der Waals surface area contributed by atoms with Crippen LogP contribution in [-0.2, 0) is 28.5 Å². The highest BCUT2D eigenvalue weighted by Gasteiger charge is 2.40. The van der Waals surface area contributed by atoms with Crippen LogP contribution < -0.4 is 0 Å². The van der Waals surface area contributed by atoms with Crippen molar-refractivity contribution in [3.8, 4) is 0 Å². The summed E-state index contributed by atoms with van der Waals surface area (Å²) in [6.07, 6.45) is -8.40. The van der Waals surface area contributed by atoms with Gasteiger partial charge in [0.15, 0.2) is 0 Å². The van der Waals surface area contributed by atoms with Crippen molar-refractivity contribution in [2.24, 2.45) is 0 Å². The van der Waals surface area contributed by atoms with Crippen LogP contribution in [0.5, 0.6) is 0 Å². The van der Waals surface area contributed by atoms with E-state index >= 15 is 0 Å². The third-order valence-electron chi connectivity index (χ3n) is 4.52. The van der Waals surface area contributed by atoms with Crippen LogP contribution in [-0.4, -0.2) is 29.5 Å². The second-order valence-electron chi connectivity index (χ2n) is 6.32. The Morgan fingerprint density at radius 1 is 1.04 bits per heavy atom. The van der Waals surface area contributed by atoms with E-state index in [1.54, 1.807) is 4.90 Å². The van der Waals surface area contributed by atoms with Crippen LogP contribution >= 0.6 is 0 Å². The first-order valence-electron chi connectivity index (χ1n) is 7.73. The number of nitrogens with zero attached hydrogens (tertiary/aromatic N) is 1. The molecule has 0 spiro atoms. The predicted octanol–water partition coefficient (Wildman–Crippen LogP) is 4.00. The van der Waals surface area contributed by atoms with Crippen LogP contribution in [0.1, 0.15) is 36.0 Å². The highest BCUT2D eigenvalue weighted by atomic mass is 19.4. The summed E-state index contributed by atoms with van der Waals surface area (Å²) in [5.74, 6) is 0.00882. The van der Waals surface area contributed by atoms with E-state index in [9.17, 15) is 31.1 Å². The molecular weight excluding hydrogens is 352 g/mol. The molecule has 3 rings (SSSR count). The summed E-state index contributed by atoms with van der Waals surface area (Å²) in [6.45, 7) is -0.0407. The SMILES string of the molecule is O=C1CCC2CC(OCc3cc(C(F)(F)F)cc(C(F)(F)F)c3)CN12. The molecule has 2 unspecified atom stereocenters. The molecule has 2 aliphatic heterocycles. The van der Waals surface area contributed by atoms with E-state index in [0.717, 1.165) is 0 Å². The van der Waals surface area contributed by atoms with Gasteiger partial charge in [0.2, 0.25) is 5.91 Å². The lowest BCUT2D eigenvalue weighted by Gasteiger charge is -2.17. The molecule has 138 valence electrons. The van der Waals surface area contributed by atoms with Crippen LogP contribution in [0, 0.1) is 0 Å². The normalized spacial score (nSPS) is 24.1. The van der Waals surface area contributed by atoms with E-state index in [4.69, 9.17) is 4.74 Å². The molecular formula is C16H15F6NO2. The lowest BCUT2D eigenvalue weighted by atomic mass is 10.0. The van der Waals surface area contributed by atoms with E-state index in [0.29, 0.717) is 37.9 Å². The highest BCUT2D eigenvalue weighted by molar-refractivity contribution is 5.79. The van der Waals surface area contributed by atoms with Gasteiger partial charge in [0.1, 0.15) is 0 Å². The molecule has 3 nitrogen and oxygen atoms in total. The first-order valence-corrected chi connectivity index (χ1v) is 7.73. The monoisotopic (exact) mass is 367 g/mol. The quantitative estimate of drug-likeness (QED) is 0.756. The van der Waals surface area contributed by atoms with Gasteiger partial charge in [-0.2, -0.15) is 26.3 Å². The maximum Gasteiger partial charge on any atom is 0.416 e. The Bertz CT molecular complexity index is 637. The first-order chi connectivity index (χ1) is 11.5. The predicted molar refractivity (Wildman–Crippen MR) is 74.4 cm³/mol. The van der Waals surface area contributed by atoms with E-state index in [2.05, 4.69) is 0 Å². The molecule has 0 aromatic heterocycles.